The summed E-state index contributed by atoms with van der Waals surface area (Å²) in [6.07, 6.45) is 8.56. The third-order valence-corrected chi connectivity index (χ3v) is 5.86. The second-order valence-corrected chi connectivity index (χ2v) is 7.03. The van der Waals surface area contributed by atoms with E-state index in [1.807, 2.05) is 0 Å². The van der Waals surface area contributed by atoms with E-state index in [4.69, 9.17) is 4.74 Å². The lowest BCUT2D eigenvalue weighted by molar-refractivity contribution is -0.137. The molecule has 0 spiro atoms. The van der Waals surface area contributed by atoms with E-state index in [0.717, 1.165) is 30.2 Å². The van der Waals surface area contributed by atoms with Gasteiger partial charge in [0.05, 0.1) is 0 Å². The molecule has 20 heavy (non-hydrogen) atoms. The van der Waals surface area contributed by atoms with Crippen LogP contribution >= 0.6 is 0 Å². The fourth-order valence-corrected chi connectivity index (χ4v) is 5.17. The number of nitrogens with one attached hydrogen (secondary N) is 1. The first-order valence-electron chi connectivity index (χ1n) is 7.75. The smallest absolute Gasteiger partial charge is 0.330 e. The Morgan fingerprint density at radius 1 is 1.55 bits per heavy atom. The number of rotatable bonds is 5. The zero-order valence-corrected chi connectivity index (χ0v) is 12.5. The predicted octanol–water partition coefficient (Wildman–Crippen LogP) is 2.54. The van der Waals surface area contributed by atoms with E-state index in [1.54, 1.807) is 0 Å². The Balaban J connectivity index is 1.55. The Hall–Kier alpha value is -1.09. The number of hydrogen-bond donors (Lipinski definition) is 1. The van der Waals surface area contributed by atoms with Gasteiger partial charge in [0.2, 0.25) is 0 Å². The van der Waals surface area contributed by atoms with Crippen molar-refractivity contribution >= 4 is 5.97 Å². The van der Waals surface area contributed by atoms with Gasteiger partial charge >= 0.3 is 5.97 Å². The molecule has 0 amide bonds. The van der Waals surface area contributed by atoms with Gasteiger partial charge in [-0.1, -0.05) is 32.6 Å². The zero-order valence-electron chi connectivity index (χ0n) is 12.5. The molecular formula is C17H25NO2. The summed E-state index contributed by atoms with van der Waals surface area (Å²) >= 11 is 0. The normalized spacial score (nSPS) is 39.8. The van der Waals surface area contributed by atoms with Gasteiger partial charge in [-0.15, -0.1) is 0 Å². The molecule has 0 saturated heterocycles. The van der Waals surface area contributed by atoms with E-state index >= 15 is 0 Å². The first kappa shape index (κ1) is 13.9. The summed E-state index contributed by atoms with van der Waals surface area (Å²) in [5, 5.41) is 3.62. The van der Waals surface area contributed by atoms with Gasteiger partial charge in [-0.25, -0.2) is 4.79 Å². The van der Waals surface area contributed by atoms with Gasteiger partial charge in [0.15, 0.2) is 0 Å². The van der Waals surface area contributed by atoms with E-state index in [1.165, 1.54) is 18.9 Å². The van der Waals surface area contributed by atoms with Crippen LogP contribution in [-0.4, -0.2) is 25.2 Å². The van der Waals surface area contributed by atoms with E-state index in [-0.39, 0.29) is 5.97 Å². The van der Waals surface area contributed by atoms with Crippen molar-refractivity contribution in [3.63, 3.8) is 0 Å². The van der Waals surface area contributed by atoms with Crippen molar-refractivity contribution in [2.24, 2.45) is 29.1 Å². The summed E-state index contributed by atoms with van der Waals surface area (Å²) < 4.78 is 5.04. The summed E-state index contributed by atoms with van der Waals surface area (Å²) in [5.41, 5.74) is 0.440. The molecule has 3 nitrogen and oxygen atoms in total. The average Bonchev–Trinajstić information content (AvgIpc) is 3.03. The fraction of sp³-hybridized carbons (Fsp3) is 0.706. The van der Waals surface area contributed by atoms with Crippen LogP contribution in [0.25, 0.3) is 0 Å². The van der Waals surface area contributed by atoms with Crippen molar-refractivity contribution < 1.29 is 9.53 Å². The molecule has 2 saturated carbocycles. The van der Waals surface area contributed by atoms with Gasteiger partial charge in [-0.2, -0.15) is 0 Å². The lowest BCUT2D eigenvalue weighted by atomic mass is 9.77. The van der Waals surface area contributed by atoms with Crippen LogP contribution in [0.3, 0.4) is 0 Å². The molecule has 110 valence electrons. The Morgan fingerprint density at radius 3 is 3.10 bits per heavy atom. The number of carbonyl (C=O) groups excluding carboxylic acids is 1. The van der Waals surface area contributed by atoms with Gasteiger partial charge in [-0.3, -0.25) is 0 Å². The molecule has 5 atom stereocenters. The fourth-order valence-electron chi connectivity index (χ4n) is 5.17. The highest BCUT2D eigenvalue weighted by molar-refractivity contribution is 5.81. The Morgan fingerprint density at radius 2 is 2.35 bits per heavy atom. The molecule has 0 aromatic carbocycles. The first-order chi connectivity index (χ1) is 9.55. The van der Waals surface area contributed by atoms with E-state index in [9.17, 15) is 4.79 Å². The highest BCUT2D eigenvalue weighted by Crippen LogP contribution is 2.65. The molecule has 4 unspecified atom stereocenters. The van der Waals surface area contributed by atoms with Crippen LogP contribution in [0.1, 0.15) is 26.7 Å². The van der Waals surface area contributed by atoms with Crippen molar-refractivity contribution in [2.75, 3.05) is 13.2 Å². The van der Waals surface area contributed by atoms with Gasteiger partial charge < -0.3 is 10.1 Å². The second-order valence-electron chi connectivity index (χ2n) is 7.03. The maximum absolute atomic E-state index is 11.0. The topological polar surface area (TPSA) is 38.3 Å². The van der Waals surface area contributed by atoms with Crippen LogP contribution in [0, 0.1) is 29.1 Å². The molecule has 3 rings (SSSR count). The second kappa shape index (κ2) is 5.03. The van der Waals surface area contributed by atoms with Crippen molar-refractivity contribution in [3.05, 3.63) is 24.8 Å². The van der Waals surface area contributed by atoms with Crippen LogP contribution in [0.2, 0.25) is 0 Å². The maximum Gasteiger partial charge on any atom is 0.330 e. The van der Waals surface area contributed by atoms with E-state index < -0.39 is 0 Å². The van der Waals surface area contributed by atoms with Gasteiger partial charge in [0.25, 0.3) is 0 Å². The third kappa shape index (κ3) is 2.03. The molecule has 2 fully saturated rings. The van der Waals surface area contributed by atoms with E-state index in [2.05, 4.69) is 37.9 Å². The molecular weight excluding hydrogens is 250 g/mol. The molecule has 0 radical (unpaired) electrons. The molecule has 0 heterocycles. The lowest BCUT2D eigenvalue weighted by Gasteiger charge is -2.33. The lowest BCUT2D eigenvalue weighted by Crippen LogP contribution is -2.42. The number of hydrogen-bond acceptors (Lipinski definition) is 3. The minimum Gasteiger partial charge on any atom is -0.461 e. The molecule has 3 aliphatic rings. The largest absolute Gasteiger partial charge is 0.461 e. The molecule has 2 bridgehead atoms. The molecule has 3 aliphatic carbocycles. The van der Waals surface area contributed by atoms with Crippen molar-refractivity contribution in [2.45, 2.75) is 32.7 Å². The van der Waals surface area contributed by atoms with Crippen LogP contribution in [0.15, 0.2) is 24.8 Å². The SMILES string of the molecule is C=CC(=O)OCCNC1CC2[C@H]3C=CCC3C1C2(C)C. The quantitative estimate of drug-likeness (QED) is 0.363. The number of esters is 1. The Labute approximate surface area is 121 Å². The minimum absolute atomic E-state index is 0.333. The molecule has 0 aromatic heterocycles. The third-order valence-electron chi connectivity index (χ3n) is 5.86. The summed E-state index contributed by atoms with van der Waals surface area (Å²) in [6.45, 7) is 9.46. The Kier molecular flexibility index (Phi) is 3.49. The van der Waals surface area contributed by atoms with E-state index in [0.29, 0.717) is 18.1 Å². The summed E-state index contributed by atoms with van der Waals surface area (Å²) in [7, 11) is 0. The molecule has 3 heteroatoms. The minimum atomic E-state index is -0.333. The van der Waals surface area contributed by atoms with Crippen molar-refractivity contribution in [1.82, 2.24) is 5.32 Å². The predicted molar refractivity (Wildman–Crippen MR) is 79.1 cm³/mol. The highest BCUT2D eigenvalue weighted by atomic mass is 16.5. The molecule has 0 aromatic rings. The Bertz CT molecular complexity index is 440. The number of fused-ring (bicyclic) bond motifs is 5. The van der Waals surface area contributed by atoms with Gasteiger partial charge in [0.1, 0.15) is 6.61 Å². The molecule has 1 N–H and O–H groups in total. The van der Waals surface area contributed by atoms with Crippen LogP contribution in [-0.2, 0) is 9.53 Å². The average molecular weight is 275 g/mol. The number of allylic oxidation sites excluding steroid dienone is 2. The van der Waals surface area contributed by atoms with Crippen LogP contribution in [0.4, 0.5) is 0 Å². The van der Waals surface area contributed by atoms with Gasteiger partial charge in [-0.05, 0) is 41.9 Å². The summed E-state index contributed by atoms with van der Waals surface area (Å²) in [5.74, 6) is 2.87. The van der Waals surface area contributed by atoms with Gasteiger partial charge in [0, 0.05) is 18.7 Å². The summed E-state index contributed by atoms with van der Waals surface area (Å²) in [6, 6.07) is 0.582. The highest BCUT2D eigenvalue weighted by Gasteiger charge is 2.62. The van der Waals surface area contributed by atoms with Crippen LogP contribution in [0.5, 0.6) is 0 Å². The van der Waals surface area contributed by atoms with Crippen LogP contribution < -0.4 is 5.32 Å². The summed E-state index contributed by atoms with van der Waals surface area (Å²) in [4.78, 5) is 11.0. The number of ether oxygens (including phenoxy) is 1. The van der Waals surface area contributed by atoms with Crippen molar-refractivity contribution in [3.8, 4) is 0 Å². The maximum atomic E-state index is 11.0. The monoisotopic (exact) mass is 275 g/mol. The molecule has 0 aliphatic heterocycles. The number of carbonyl (C=O) groups is 1. The standard InChI is InChI=1S/C17H25NO2/c1-4-15(19)20-9-8-18-14-10-13-11-6-5-7-12(11)16(14)17(13,2)3/h4-6,11-14,16,18H,1,7-10H2,2-3H3/t11-,12?,13?,14?,16?/m0/s1. The first-order valence-corrected chi connectivity index (χ1v) is 7.75. The zero-order chi connectivity index (χ0) is 14.3. The van der Waals surface area contributed by atoms with Crippen molar-refractivity contribution in [1.29, 1.82) is 0 Å².